The van der Waals surface area contributed by atoms with E-state index in [1.54, 1.807) is 12.1 Å². The fourth-order valence-corrected chi connectivity index (χ4v) is 1.62. The smallest absolute Gasteiger partial charge is 0.338 e. The number of rotatable bonds is 4. The minimum absolute atomic E-state index is 0.0755. The molecular weight excluding hydrogens is 276 g/mol. The fraction of sp³-hybridized carbons (Fsp3) is 0.0714. The van der Waals surface area contributed by atoms with Gasteiger partial charge in [0.05, 0.1) is 11.8 Å². The number of ether oxygens (including phenoxy) is 1. The van der Waals surface area contributed by atoms with E-state index in [1.807, 2.05) is 0 Å². The summed E-state index contributed by atoms with van der Waals surface area (Å²) in [6.45, 7) is -0.145. The van der Waals surface area contributed by atoms with E-state index in [2.05, 4.69) is 10.2 Å². The van der Waals surface area contributed by atoms with Crippen LogP contribution in [0, 0.1) is 0 Å². The highest BCUT2D eigenvalue weighted by Gasteiger charge is 2.13. The minimum Gasteiger partial charge on any atom is -0.508 e. The predicted molar refractivity (Wildman–Crippen MR) is 69.2 cm³/mol. The molecule has 7 heteroatoms. The molecule has 2 heterocycles. The SMILES string of the molecule is O=C(OCc1nnc(-c2ccco2)o1)c1ccc(O)cc1. The molecule has 1 aromatic carbocycles. The first-order valence-corrected chi connectivity index (χ1v) is 6.05. The summed E-state index contributed by atoms with van der Waals surface area (Å²) in [6.07, 6.45) is 1.49. The van der Waals surface area contributed by atoms with E-state index in [9.17, 15) is 4.79 Å². The number of furan rings is 1. The molecule has 0 amide bonds. The molecule has 0 unspecified atom stereocenters. The van der Waals surface area contributed by atoms with Gasteiger partial charge in [-0.15, -0.1) is 10.2 Å². The number of carbonyl (C=O) groups is 1. The van der Waals surface area contributed by atoms with Gasteiger partial charge in [0.2, 0.25) is 0 Å². The lowest BCUT2D eigenvalue weighted by molar-refractivity contribution is 0.0438. The van der Waals surface area contributed by atoms with Crippen molar-refractivity contribution in [2.24, 2.45) is 0 Å². The Labute approximate surface area is 118 Å². The Morgan fingerprint density at radius 3 is 2.71 bits per heavy atom. The van der Waals surface area contributed by atoms with E-state index in [0.717, 1.165) is 0 Å². The summed E-state index contributed by atoms with van der Waals surface area (Å²) in [7, 11) is 0. The fourth-order valence-electron chi connectivity index (χ4n) is 1.62. The van der Waals surface area contributed by atoms with Gasteiger partial charge in [-0.25, -0.2) is 4.79 Å². The molecule has 0 atom stereocenters. The van der Waals surface area contributed by atoms with Gasteiger partial charge in [0.25, 0.3) is 11.8 Å². The topological polar surface area (TPSA) is 98.6 Å². The molecular formula is C14H10N2O5. The number of aromatic hydroxyl groups is 1. The first-order chi connectivity index (χ1) is 10.2. The molecule has 0 bridgehead atoms. The van der Waals surface area contributed by atoms with Crippen molar-refractivity contribution in [1.29, 1.82) is 0 Å². The Hall–Kier alpha value is -3.09. The van der Waals surface area contributed by atoms with E-state index in [1.165, 1.54) is 30.5 Å². The third-order valence-corrected chi connectivity index (χ3v) is 2.63. The van der Waals surface area contributed by atoms with Crippen LogP contribution >= 0.6 is 0 Å². The van der Waals surface area contributed by atoms with Crippen LogP contribution < -0.4 is 0 Å². The zero-order valence-electron chi connectivity index (χ0n) is 10.7. The van der Waals surface area contributed by atoms with Gasteiger partial charge in [0.1, 0.15) is 5.75 Å². The maximum atomic E-state index is 11.8. The summed E-state index contributed by atoms with van der Waals surface area (Å²) in [6, 6.07) is 9.10. The summed E-state index contributed by atoms with van der Waals surface area (Å²) < 4.78 is 15.4. The van der Waals surface area contributed by atoms with Crippen LogP contribution in [0.3, 0.4) is 0 Å². The first-order valence-electron chi connectivity index (χ1n) is 6.05. The largest absolute Gasteiger partial charge is 0.508 e. The zero-order chi connectivity index (χ0) is 14.7. The van der Waals surface area contributed by atoms with Gasteiger partial charge >= 0.3 is 5.97 Å². The summed E-state index contributed by atoms with van der Waals surface area (Å²) in [4.78, 5) is 11.8. The van der Waals surface area contributed by atoms with E-state index in [4.69, 9.17) is 18.7 Å². The molecule has 0 radical (unpaired) electrons. The standard InChI is InChI=1S/C14H10N2O5/c17-10-5-3-9(4-6-10)14(18)20-8-12-15-16-13(21-12)11-2-1-7-19-11/h1-7,17H,8H2. The van der Waals surface area contributed by atoms with Crippen LogP contribution in [0.15, 0.2) is 51.5 Å². The molecule has 3 aromatic rings. The van der Waals surface area contributed by atoms with Crippen molar-refractivity contribution in [2.45, 2.75) is 6.61 Å². The van der Waals surface area contributed by atoms with Crippen molar-refractivity contribution in [3.8, 4) is 17.4 Å². The Balaban J connectivity index is 1.62. The van der Waals surface area contributed by atoms with Crippen molar-refractivity contribution >= 4 is 5.97 Å². The summed E-state index contributed by atoms with van der Waals surface area (Å²) in [5.41, 5.74) is 0.318. The Morgan fingerprint density at radius 2 is 2.00 bits per heavy atom. The van der Waals surface area contributed by atoms with Crippen LogP contribution in [0.1, 0.15) is 16.2 Å². The monoisotopic (exact) mass is 286 g/mol. The molecule has 0 saturated carbocycles. The maximum Gasteiger partial charge on any atom is 0.338 e. The number of aromatic nitrogens is 2. The van der Waals surface area contributed by atoms with Crippen molar-refractivity contribution in [3.05, 3.63) is 54.1 Å². The number of esters is 1. The molecule has 21 heavy (non-hydrogen) atoms. The Morgan fingerprint density at radius 1 is 1.19 bits per heavy atom. The molecule has 1 N–H and O–H groups in total. The lowest BCUT2D eigenvalue weighted by Gasteiger charge is -2.01. The average Bonchev–Trinajstić information content (AvgIpc) is 3.16. The molecule has 106 valence electrons. The summed E-state index contributed by atoms with van der Waals surface area (Å²) in [5, 5.41) is 16.7. The summed E-state index contributed by atoms with van der Waals surface area (Å²) >= 11 is 0. The maximum absolute atomic E-state index is 11.8. The van der Waals surface area contributed by atoms with Crippen molar-refractivity contribution in [1.82, 2.24) is 10.2 Å². The number of hydrogen-bond acceptors (Lipinski definition) is 7. The molecule has 7 nitrogen and oxygen atoms in total. The second-order valence-electron chi connectivity index (χ2n) is 4.10. The average molecular weight is 286 g/mol. The van der Waals surface area contributed by atoms with Crippen molar-refractivity contribution in [3.63, 3.8) is 0 Å². The van der Waals surface area contributed by atoms with Crippen LogP contribution in [0.25, 0.3) is 11.7 Å². The van der Waals surface area contributed by atoms with Crippen LogP contribution in [0.2, 0.25) is 0 Å². The zero-order valence-corrected chi connectivity index (χ0v) is 10.7. The molecule has 0 aliphatic heterocycles. The highest BCUT2D eigenvalue weighted by Crippen LogP contribution is 2.18. The highest BCUT2D eigenvalue weighted by atomic mass is 16.5. The van der Waals surface area contributed by atoms with Crippen LogP contribution in [0.5, 0.6) is 5.75 Å². The van der Waals surface area contributed by atoms with Gasteiger partial charge in [-0.3, -0.25) is 0 Å². The molecule has 0 aliphatic carbocycles. The molecule has 0 fully saturated rings. The van der Waals surface area contributed by atoms with Crippen LogP contribution in [0.4, 0.5) is 0 Å². The van der Waals surface area contributed by atoms with Gasteiger partial charge in [-0.05, 0) is 36.4 Å². The summed E-state index contributed by atoms with van der Waals surface area (Å²) in [5.74, 6) is 0.349. The molecule has 0 spiro atoms. The number of benzene rings is 1. The number of hydrogen-bond donors (Lipinski definition) is 1. The quantitative estimate of drug-likeness (QED) is 0.735. The van der Waals surface area contributed by atoms with Gasteiger partial charge in [0.15, 0.2) is 12.4 Å². The van der Waals surface area contributed by atoms with E-state index >= 15 is 0 Å². The second kappa shape index (κ2) is 5.49. The second-order valence-corrected chi connectivity index (χ2v) is 4.10. The first kappa shape index (κ1) is 12.9. The van der Waals surface area contributed by atoms with Crippen LogP contribution in [-0.2, 0) is 11.3 Å². The van der Waals surface area contributed by atoms with Gasteiger partial charge in [-0.2, -0.15) is 0 Å². The predicted octanol–water partition coefficient (Wildman–Crippen LogP) is 2.39. The molecule has 0 saturated heterocycles. The van der Waals surface area contributed by atoms with E-state index in [-0.39, 0.29) is 24.1 Å². The van der Waals surface area contributed by atoms with Gasteiger partial charge < -0.3 is 18.7 Å². The Kier molecular flexibility index (Phi) is 3.38. The Bertz CT molecular complexity index is 731. The number of phenols is 1. The van der Waals surface area contributed by atoms with E-state index in [0.29, 0.717) is 11.3 Å². The van der Waals surface area contributed by atoms with Crippen molar-refractivity contribution < 1.29 is 23.5 Å². The lowest BCUT2D eigenvalue weighted by Crippen LogP contribution is -2.05. The third-order valence-electron chi connectivity index (χ3n) is 2.63. The highest BCUT2D eigenvalue weighted by molar-refractivity contribution is 5.89. The lowest BCUT2D eigenvalue weighted by atomic mass is 10.2. The van der Waals surface area contributed by atoms with Crippen molar-refractivity contribution in [2.75, 3.05) is 0 Å². The molecule has 0 aliphatic rings. The minimum atomic E-state index is -0.548. The van der Waals surface area contributed by atoms with Crippen LogP contribution in [-0.4, -0.2) is 21.3 Å². The third kappa shape index (κ3) is 2.92. The van der Waals surface area contributed by atoms with Gasteiger partial charge in [0, 0.05) is 0 Å². The number of nitrogens with zero attached hydrogens (tertiary/aromatic N) is 2. The van der Waals surface area contributed by atoms with Gasteiger partial charge in [-0.1, -0.05) is 0 Å². The normalized spacial score (nSPS) is 10.5. The van der Waals surface area contributed by atoms with E-state index < -0.39 is 5.97 Å². The molecule has 2 aromatic heterocycles. The number of phenolic OH excluding ortho intramolecular Hbond substituents is 1. The molecule has 3 rings (SSSR count). The number of carbonyl (C=O) groups excluding carboxylic acids is 1.